The summed E-state index contributed by atoms with van der Waals surface area (Å²) in [6.45, 7) is -0.0350. The zero-order valence-electron chi connectivity index (χ0n) is 6.18. The van der Waals surface area contributed by atoms with Crippen LogP contribution in [-0.4, -0.2) is 41.3 Å². The first-order valence-corrected chi connectivity index (χ1v) is 3.39. The third kappa shape index (κ3) is 4.05. The standard InChI is InChI=1S/C6H14N2O3/c7-2-6(11)5(10)1-4(8)3-9/h3-6,10-11H,1-2,7-8H2/t4-,5+,6-/m1/s1. The third-order valence-electron chi connectivity index (χ3n) is 1.37. The van der Waals surface area contributed by atoms with Crippen LogP contribution in [0.1, 0.15) is 6.42 Å². The summed E-state index contributed by atoms with van der Waals surface area (Å²) in [6.07, 6.45) is -1.45. The molecule has 0 saturated carbocycles. The highest BCUT2D eigenvalue weighted by molar-refractivity contribution is 5.56. The molecular formula is C6H14N2O3. The number of nitrogens with two attached hydrogens (primary N) is 2. The number of hydrogen-bond acceptors (Lipinski definition) is 5. The Hall–Kier alpha value is -0.490. The van der Waals surface area contributed by atoms with Gasteiger partial charge in [-0.25, -0.2) is 0 Å². The van der Waals surface area contributed by atoms with Gasteiger partial charge in [-0.2, -0.15) is 0 Å². The van der Waals surface area contributed by atoms with Crippen molar-refractivity contribution in [3.63, 3.8) is 0 Å². The lowest BCUT2D eigenvalue weighted by atomic mass is 10.1. The minimum absolute atomic E-state index is 0.0350. The lowest BCUT2D eigenvalue weighted by Gasteiger charge is -2.16. The van der Waals surface area contributed by atoms with Crippen LogP contribution in [0.15, 0.2) is 0 Å². The minimum Gasteiger partial charge on any atom is -0.390 e. The molecule has 11 heavy (non-hydrogen) atoms. The van der Waals surface area contributed by atoms with Gasteiger partial charge >= 0.3 is 0 Å². The average Bonchev–Trinajstić information content (AvgIpc) is 2.02. The Morgan fingerprint density at radius 3 is 2.27 bits per heavy atom. The van der Waals surface area contributed by atoms with E-state index in [1.165, 1.54) is 0 Å². The molecule has 0 aliphatic carbocycles. The molecule has 0 radical (unpaired) electrons. The summed E-state index contributed by atoms with van der Waals surface area (Å²) in [5.74, 6) is 0. The summed E-state index contributed by atoms with van der Waals surface area (Å²) in [4.78, 5) is 10.0. The van der Waals surface area contributed by atoms with E-state index in [2.05, 4.69) is 0 Å². The molecule has 0 aromatic carbocycles. The molecule has 0 bridgehead atoms. The molecule has 5 nitrogen and oxygen atoms in total. The molecular weight excluding hydrogens is 148 g/mol. The largest absolute Gasteiger partial charge is 0.390 e. The first-order chi connectivity index (χ1) is 5.11. The second-order valence-corrected chi connectivity index (χ2v) is 2.41. The number of carbonyl (C=O) groups is 1. The van der Waals surface area contributed by atoms with Crippen LogP contribution in [0.5, 0.6) is 0 Å². The SMILES string of the molecule is NC[C@@H](O)[C@@H](O)C[C@@H](N)C=O. The van der Waals surface area contributed by atoms with Gasteiger partial charge in [-0.15, -0.1) is 0 Å². The number of aldehydes is 1. The first kappa shape index (κ1) is 10.5. The fraction of sp³-hybridized carbons (Fsp3) is 0.833. The molecule has 0 fully saturated rings. The highest BCUT2D eigenvalue weighted by Gasteiger charge is 2.17. The number of carbonyl (C=O) groups excluding carboxylic acids is 1. The van der Waals surface area contributed by atoms with E-state index in [0.29, 0.717) is 6.29 Å². The second kappa shape index (κ2) is 5.20. The van der Waals surface area contributed by atoms with Crippen LogP contribution in [0.2, 0.25) is 0 Å². The van der Waals surface area contributed by atoms with Gasteiger partial charge in [0.2, 0.25) is 0 Å². The maximum absolute atomic E-state index is 10.0. The third-order valence-corrected chi connectivity index (χ3v) is 1.37. The second-order valence-electron chi connectivity index (χ2n) is 2.41. The topological polar surface area (TPSA) is 110 Å². The fourth-order valence-electron chi connectivity index (χ4n) is 0.649. The van der Waals surface area contributed by atoms with Crippen LogP contribution < -0.4 is 11.5 Å². The highest BCUT2D eigenvalue weighted by atomic mass is 16.3. The smallest absolute Gasteiger partial charge is 0.136 e. The van der Waals surface area contributed by atoms with Gasteiger partial charge < -0.3 is 26.5 Å². The van der Waals surface area contributed by atoms with Gasteiger partial charge in [0, 0.05) is 6.54 Å². The van der Waals surface area contributed by atoms with E-state index in [-0.39, 0.29) is 13.0 Å². The fourth-order valence-corrected chi connectivity index (χ4v) is 0.649. The number of aliphatic hydroxyl groups excluding tert-OH is 2. The lowest BCUT2D eigenvalue weighted by molar-refractivity contribution is -0.109. The molecule has 0 saturated heterocycles. The van der Waals surface area contributed by atoms with Gasteiger partial charge in [-0.05, 0) is 6.42 Å². The molecule has 0 rings (SSSR count). The Labute approximate surface area is 65.0 Å². The summed E-state index contributed by atoms with van der Waals surface area (Å²) in [5.41, 5.74) is 10.2. The molecule has 0 heterocycles. The Morgan fingerprint density at radius 1 is 1.36 bits per heavy atom. The van der Waals surface area contributed by atoms with Crippen molar-refractivity contribution >= 4 is 6.29 Å². The normalized spacial score (nSPS) is 18.9. The van der Waals surface area contributed by atoms with Crippen LogP contribution in [0.3, 0.4) is 0 Å². The van der Waals surface area contributed by atoms with Crippen LogP contribution in [0, 0.1) is 0 Å². The molecule has 5 heteroatoms. The summed E-state index contributed by atoms with van der Waals surface area (Å²) >= 11 is 0. The van der Waals surface area contributed by atoms with E-state index in [1.54, 1.807) is 0 Å². The predicted octanol–water partition coefficient (Wildman–Crippen LogP) is -2.42. The minimum atomic E-state index is -1.01. The Kier molecular flexibility index (Phi) is 4.97. The van der Waals surface area contributed by atoms with Gasteiger partial charge in [0.25, 0.3) is 0 Å². The van der Waals surface area contributed by atoms with E-state index in [4.69, 9.17) is 21.7 Å². The molecule has 0 aromatic rings. The van der Waals surface area contributed by atoms with Gasteiger partial charge in [0.05, 0.1) is 18.2 Å². The van der Waals surface area contributed by atoms with Crippen LogP contribution >= 0.6 is 0 Å². The zero-order chi connectivity index (χ0) is 8.85. The quantitative estimate of drug-likeness (QED) is 0.336. The van der Waals surface area contributed by atoms with E-state index in [0.717, 1.165) is 0 Å². The summed E-state index contributed by atoms with van der Waals surface area (Å²) in [7, 11) is 0. The van der Waals surface area contributed by atoms with Crippen molar-refractivity contribution in [3.8, 4) is 0 Å². The maximum atomic E-state index is 10.0. The van der Waals surface area contributed by atoms with Crippen LogP contribution in [0.4, 0.5) is 0 Å². The van der Waals surface area contributed by atoms with Crippen molar-refractivity contribution in [1.29, 1.82) is 0 Å². The Morgan fingerprint density at radius 2 is 1.91 bits per heavy atom. The summed E-state index contributed by atoms with van der Waals surface area (Å²) in [6, 6.07) is -0.730. The Bertz CT molecular complexity index is 120. The molecule has 0 amide bonds. The maximum Gasteiger partial charge on any atom is 0.136 e. The van der Waals surface area contributed by atoms with E-state index in [1.807, 2.05) is 0 Å². The summed E-state index contributed by atoms with van der Waals surface area (Å²) in [5, 5.41) is 18.0. The first-order valence-electron chi connectivity index (χ1n) is 3.39. The molecule has 0 aromatic heterocycles. The van der Waals surface area contributed by atoms with Crippen molar-refractivity contribution in [2.24, 2.45) is 11.5 Å². The van der Waals surface area contributed by atoms with Gasteiger partial charge in [-0.3, -0.25) is 0 Å². The van der Waals surface area contributed by atoms with E-state index in [9.17, 15) is 4.79 Å². The molecule has 0 spiro atoms. The zero-order valence-corrected chi connectivity index (χ0v) is 6.18. The Balaban J connectivity index is 3.66. The van der Waals surface area contributed by atoms with Crippen LogP contribution in [0.25, 0.3) is 0 Å². The monoisotopic (exact) mass is 162 g/mol. The number of aliphatic hydroxyl groups is 2. The molecule has 6 N–H and O–H groups in total. The molecule has 0 unspecified atom stereocenters. The highest BCUT2D eigenvalue weighted by Crippen LogP contribution is 1.98. The lowest BCUT2D eigenvalue weighted by Crippen LogP contribution is -2.38. The predicted molar refractivity (Wildman–Crippen MR) is 39.7 cm³/mol. The molecule has 3 atom stereocenters. The average molecular weight is 162 g/mol. The van der Waals surface area contributed by atoms with Crippen molar-refractivity contribution in [2.45, 2.75) is 24.7 Å². The van der Waals surface area contributed by atoms with Gasteiger partial charge in [0.1, 0.15) is 6.29 Å². The van der Waals surface area contributed by atoms with Gasteiger partial charge in [-0.1, -0.05) is 0 Å². The van der Waals surface area contributed by atoms with E-state index < -0.39 is 18.2 Å². The van der Waals surface area contributed by atoms with Crippen molar-refractivity contribution in [1.82, 2.24) is 0 Å². The number of rotatable bonds is 5. The van der Waals surface area contributed by atoms with Crippen molar-refractivity contribution in [2.75, 3.05) is 6.54 Å². The van der Waals surface area contributed by atoms with E-state index >= 15 is 0 Å². The summed E-state index contributed by atoms with van der Waals surface area (Å²) < 4.78 is 0. The number of hydrogen-bond donors (Lipinski definition) is 4. The van der Waals surface area contributed by atoms with Crippen LogP contribution in [-0.2, 0) is 4.79 Å². The van der Waals surface area contributed by atoms with Crippen molar-refractivity contribution < 1.29 is 15.0 Å². The van der Waals surface area contributed by atoms with Gasteiger partial charge in [0.15, 0.2) is 0 Å². The molecule has 0 aliphatic rings. The molecule has 0 aliphatic heterocycles. The van der Waals surface area contributed by atoms with Crippen molar-refractivity contribution in [3.05, 3.63) is 0 Å². The molecule has 66 valence electrons.